The maximum atomic E-state index is 13.1. The number of nitrogens with one attached hydrogen (secondary N) is 1. The van der Waals surface area contributed by atoms with E-state index >= 15 is 0 Å². The minimum atomic E-state index is -1.28. The first-order chi connectivity index (χ1) is 20.3. The van der Waals surface area contributed by atoms with Gasteiger partial charge in [-0.2, -0.15) is 5.01 Å². The summed E-state index contributed by atoms with van der Waals surface area (Å²) in [5, 5.41) is 17.6. The van der Waals surface area contributed by atoms with E-state index < -0.39 is 11.6 Å². The standard InChI is InChI=1S/C33H38N6O3/c1-5-12-28-34-30(33(3,4)41)29(32(40)42-6-2)38(28)21-24-17-19-25(20-18-24)26-15-10-11-16-27(26)31-35-36-37-39(31)22-23-13-8-7-9-14-23/h7-11,13-20,36-37,41H,5-6,12,21-22H2,1-4H3/p+1. The molecule has 1 aromatic heterocycles. The van der Waals surface area contributed by atoms with Gasteiger partial charge in [0.2, 0.25) is 5.84 Å². The van der Waals surface area contributed by atoms with Crippen LogP contribution in [0.1, 0.15) is 72.8 Å². The number of imidazole rings is 1. The number of benzene rings is 3. The fourth-order valence-electron chi connectivity index (χ4n) is 5.22. The minimum Gasteiger partial charge on any atom is -0.461 e. The van der Waals surface area contributed by atoms with E-state index in [9.17, 15) is 9.90 Å². The fourth-order valence-corrected chi connectivity index (χ4v) is 5.22. The number of nitrogens with two attached hydrogens (primary N) is 1. The third-order valence-electron chi connectivity index (χ3n) is 7.19. The first kappa shape index (κ1) is 29.0. The molecule has 5 rings (SSSR count). The summed E-state index contributed by atoms with van der Waals surface area (Å²) in [6.45, 7) is 8.53. The van der Waals surface area contributed by atoms with Gasteiger partial charge < -0.3 is 14.4 Å². The van der Waals surface area contributed by atoms with Crippen molar-refractivity contribution in [1.82, 2.24) is 20.1 Å². The van der Waals surface area contributed by atoms with Crippen LogP contribution in [0.4, 0.5) is 0 Å². The third-order valence-corrected chi connectivity index (χ3v) is 7.19. The number of carbonyl (C=O) groups excluding carboxylic acids is 1. The summed E-state index contributed by atoms with van der Waals surface area (Å²) >= 11 is 0. The molecular weight excluding hydrogens is 528 g/mol. The molecule has 1 aliphatic heterocycles. The molecule has 0 radical (unpaired) electrons. The number of nitrogens with zero attached hydrogens (tertiary/aromatic N) is 4. The smallest absolute Gasteiger partial charge is 0.357 e. The minimum absolute atomic E-state index is 0.244. The Kier molecular flexibility index (Phi) is 8.70. The lowest BCUT2D eigenvalue weighted by atomic mass is 9.97. The van der Waals surface area contributed by atoms with Crippen molar-refractivity contribution in [2.45, 2.75) is 59.2 Å². The van der Waals surface area contributed by atoms with E-state index in [4.69, 9.17) is 9.72 Å². The number of esters is 1. The number of aliphatic hydroxyl groups is 1. The van der Waals surface area contributed by atoms with Gasteiger partial charge in [-0.25, -0.2) is 9.78 Å². The lowest BCUT2D eigenvalue weighted by Crippen LogP contribution is -2.97. The van der Waals surface area contributed by atoms with Crippen LogP contribution in [0.25, 0.3) is 11.1 Å². The van der Waals surface area contributed by atoms with Crippen LogP contribution in [0.5, 0.6) is 0 Å². The van der Waals surface area contributed by atoms with Gasteiger partial charge in [0.15, 0.2) is 5.69 Å². The van der Waals surface area contributed by atoms with Crippen LogP contribution in [0.15, 0.2) is 84.0 Å². The number of rotatable bonds is 11. The van der Waals surface area contributed by atoms with Gasteiger partial charge in [-0.05, 0) is 49.4 Å². The van der Waals surface area contributed by atoms with Crippen LogP contribution in [0.2, 0.25) is 0 Å². The maximum Gasteiger partial charge on any atom is 0.357 e. The Labute approximate surface area is 246 Å². The van der Waals surface area contributed by atoms with Crippen molar-refractivity contribution in [3.63, 3.8) is 0 Å². The molecule has 2 heterocycles. The molecular formula is C33H39N6O3+. The predicted octanol–water partition coefficient (Wildman–Crippen LogP) is 4.12. The first-order valence-corrected chi connectivity index (χ1v) is 14.4. The van der Waals surface area contributed by atoms with E-state index in [1.165, 1.54) is 5.56 Å². The van der Waals surface area contributed by atoms with Crippen molar-refractivity contribution in [2.24, 2.45) is 5.10 Å². The maximum absolute atomic E-state index is 13.1. The monoisotopic (exact) mass is 567 g/mol. The molecule has 0 atom stereocenters. The number of hydrogen-bond acceptors (Lipinski definition) is 7. The van der Waals surface area contributed by atoms with Gasteiger partial charge in [0.05, 0.1) is 13.2 Å². The van der Waals surface area contributed by atoms with E-state index in [0.29, 0.717) is 30.9 Å². The zero-order valence-corrected chi connectivity index (χ0v) is 24.7. The predicted molar refractivity (Wildman–Crippen MR) is 162 cm³/mol. The number of carbonyl (C=O) groups is 1. The molecule has 4 aromatic rings. The average molecular weight is 568 g/mol. The third kappa shape index (κ3) is 6.22. The Hall–Kier alpha value is -4.47. The molecule has 0 unspecified atom stereocenters. The quantitative estimate of drug-likeness (QED) is 0.186. The molecule has 218 valence electrons. The van der Waals surface area contributed by atoms with Gasteiger partial charge in [0.25, 0.3) is 0 Å². The van der Waals surface area contributed by atoms with Crippen molar-refractivity contribution >= 4 is 11.8 Å². The summed E-state index contributed by atoms with van der Waals surface area (Å²) in [5.74, 6) is 1.14. The molecule has 0 bridgehead atoms. The molecule has 0 amide bonds. The van der Waals surface area contributed by atoms with Crippen molar-refractivity contribution in [3.8, 4) is 11.1 Å². The fraction of sp³-hybridized carbons (Fsp3) is 0.303. The number of hydrogen-bond donors (Lipinski definition) is 3. The zero-order valence-electron chi connectivity index (χ0n) is 24.7. The highest BCUT2D eigenvalue weighted by molar-refractivity contribution is 6.04. The molecule has 42 heavy (non-hydrogen) atoms. The van der Waals surface area contributed by atoms with E-state index in [-0.39, 0.29) is 6.61 Å². The normalized spacial score (nSPS) is 13.2. The van der Waals surface area contributed by atoms with Crippen LogP contribution in [-0.4, -0.2) is 38.1 Å². The highest BCUT2D eigenvalue weighted by Crippen LogP contribution is 2.29. The molecule has 3 aromatic carbocycles. The van der Waals surface area contributed by atoms with Crippen LogP contribution in [0.3, 0.4) is 0 Å². The largest absolute Gasteiger partial charge is 0.461 e. The van der Waals surface area contributed by atoms with Gasteiger partial charge in [0, 0.05) is 18.5 Å². The van der Waals surface area contributed by atoms with E-state index in [1.54, 1.807) is 20.8 Å². The number of amidine groups is 1. The second-order valence-electron chi connectivity index (χ2n) is 10.9. The SMILES string of the molecule is CCCc1nc(C(C)(C)O)c(C(=O)OCC)n1Cc1ccc(-c2ccccc2C2=NN[NH2+]N2Cc2ccccc2)cc1. The number of ether oxygens (including phenoxy) is 1. The number of aromatic nitrogens is 2. The Balaban J connectivity index is 1.45. The van der Waals surface area contributed by atoms with Gasteiger partial charge in [0.1, 0.15) is 17.1 Å². The Morgan fingerprint density at radius 1 is 0.929 bits per heavy atom. The summed E-state index contributed by atoms with van der Waals surface area (Å²) in [7, 11) is 0. The summed E-state index contributed by atoms with van der Waals surface area (Å²) in [4.78, 5) is 17.8. The molecule has 9 heteroatoms. The molecule has 4 N–H and O–H groups in total. The van der Waals surface area contributed by atoms with Crippen LogP contribution in [0, 0.1) is 0 Å². The molecule has 0 fully saturated rings. The molecule has 0 saturated carbocycles. The summed E-state index contributed by atoms with van der Waals surface area (Å²) in [6, 6.07) is 26.9. The van der Waals surface area contributed by atoms with Crippen molar-refractivity contribution in [3.05, 3.63) is 113 Å². The zero-order chi connectivity index (χ0) is 29.7. The van der Waals surface area contributed by atoms with E-state index in [0.717, 1.165) is 40.3 Å². The van der Waals surface area contributed by atoms with Gasteiger partial charge >= 0.3 is 5.97 Å². The summed E-state index contributed by atoms with van der Waals surface area (Å²) < 4.78 is 7.28. The molecule has 9 nitrogen and oxygen atoms in total. The molecule has 0 spiro atoms. The van der Waals surface area contributed by atoms with E-state index in [2.05, 4.69) is 71.1 Å². The average Bonchev–Trinajstić information content (AvgIpc) is 3.59. The Bertz CT molecular complexity index is 1560. The highest BCUT2D eigenvalue weighted by Gasteiger charge is 2.32. The van der Waals surface area contributed by atoms with Gasteiger partial charge in [-0.3, -0.25) is 0 Å². The molecule has 1 aliphatic rings. The Morgan fingerprint density at radius 2 is 1.60 bits per heavy atom. The van der Waals surface area contributed by atoms with Gasteiger partial charge in [-0.1, -0.05) is 85.8 Å². The molecule has 0 aliphatic carbocycles. The van der Waals surface area contributed by atoms with Crippen LogP contribution < -0.4 is 11.1 Å². The van der Waals surface area contributed by atoms with Gasteiger partial charge in [-0.15, -0.1) is 16.2 Å². The number of aryl methyl sites for hydroxylation is 1. The molecule has 0 saturated heterocycles. The number of quaternary nitrogens is 1. The second kappa shape index (κ2) is 12.6. The van der Waals surface area contributed by atoms with Crippen molar-refractivity contribution in [1.29, 1.82) is 0 Å². The Morgan fingerprint density at radius 3 is 2.26 bits per heavy atom. The second-order valence-corrected chi connectivity index (χ2v) is 10.9. The summed E-state index contributed by atoms with van der Waals surface area (Å²) in [6.07, 6.45) is 1.54. The van der Waals surface area contributed by atoms with E-state index in [1.807, 2.05) is 40.4 Å². The van der Waals surface area contributed by atoms with Crippen LogP contribution in [-0.2, 0) is 29.8 Å². The van der Waals surface area contributed by atoms with Crippen molar-refractivity contribution < 1.29 is 20.2 Å². The first-order valence-electron chi connectivity index (χ1n) is 14.4. The van der Waals surface area contributed by atoms with Crippen LogP contribution >= 0.6 is 0 Å². The summed E-state index contributed by atoms with van der Waals surface area (Å²) in [5.41, 5.74) is 9.67. The topological polar surface area (TPSA) is 109 Å². The lowest BCUT2D eigenvalue weighted by Gasteiger charge is -2.18. The number of hydrazone groups is 1. The lowest BCUT2D eigenvalue weighted by molar-refractivity contribution is -0.823. The highest BCUT2D eigenvalue weighted by atomic mass is 16.5. The van der Waals surface area contributed by atoms with Crippen molar-refractivity contribution in [2.75, 3.05) is 6.61 Å².